The number of hydrogen-bond donors (Lipinski definition) is 1. The summed E-state index contributed by atoms with van der Waals surface area (Å²) in [6, 6.07) is 11.3. The largest absolute Gasteiger partial charge is 0.434 e. The SMILES string of the molecule is Cc1ccc(-c2cc(-c3ccc(CN4CCC[C@H](C(C)(C)CO)C4)c(OC(F)F)c3)nn2C)cn1. The minimum Gasteiger partial charge on any atom is -0.434 e. The van der Waals surface area contributed by atoms with Crippen LogP contribution in [0.4, 0.5) is 8.78 Å². The van der Waals surface area contributed by atoms with Crippen molar-refractivity contribution in [1.82, 2.24) is 19.7 Å². The third kappa shape index (κ3) is 5.87. The highest BCUT2D eigenvalue weighted by Gasteiger charge is 2.33. The van der Waals surface area contributed by atoms with Crippen LogP contribution in [0.25, 0.3) is 22.5 Å². The zero-order valence-electron chi connectivity index (χ0n) is 20.8. The fraction of sp³-hybridized carbons (Fsp3) is 0.481. The summed E-state index contributed by atoms with van der Waals surface area (Å²) < 4.78 is 33.3. The van der Waals surface area contributed by atoms with Crippen molar-refractivity contribution >= 4 is 0 Å². The molecule has 1 saturated heterocycles. The third-order valence-corrected chi connectivity index (χ3v) is 7.08. The Labute approximate surface area is 205 Å². The zero-order valence-corrected chi connectivity index (χ0v) is 20.8. The van der Waals surface area contributed by atoms with Crippen LogP contribution in [0.1, 0.15) is 37.9 Å². The van der Waals surface area contributed by atoms with Crippen LogP contribution in [0.5, 0.6) is 5.75 Å². The Hall–Kier alpha value is -2.84. The summed E-state index contributed by atoms with van der Waals surface area (Å²) in [6.07, 6.45) is 3.87. The average molecular weight is 485 g/mol. The van der Waals surface area contributed by atoms with Gasteiger partial charge < -0.3 is 9.84 Å². The molecule has 1 aromatic carbocycles. The third-order valence-electron chi connectivity index (χ3n) is 7.08. The molecule has 0 aliphatic carbocycles. The molecule has 188 valence electrons. The summed E-state index contributed by atoms with van der Waals surface area (Å²) in [7, 11) is 1.85. The van der Waals surface area contributed by atoms with Crippen molar-refractivity contribution in [2.24, 2.45) is 18.4 Å². The second kappa shape index (κ2) is 10.4. The number of aliphatic hydroxyl groups excluding tert-OH is 1. The normalized spacial score (nSPS) is 17.2. The molecule has 8 heteroatoms. The lowest BCUT2D eigenvalue weighted by Crippen LogP contribution is -2.42. The van der Waals surface area contributed by atoms with Crippen LogP contribution in [-0.2, 0) is 13.6 Å². The lowest BCUT2D eigenvalue weighted by molar-refractivity contribution is -0.0509. The smallest absolute Gasteiger partial charge is 0.387 e. The Bertz CT molecular complexity index is 1140. The number of ether oxygens (including phenoxy) is 1. The van der Waals surface area contributed by atoms with E-state index in [1.165, 1.54) is 0 Å². The molecule has 35 heavy (non-hydrogen) atoms. The highest BCUT2D eigenvalue weighted by atomic mass is 19.3. The van der Waals surface area contributed by atoms with Gasteiger partial charge in [0.25, 0.3) is 0 Å². The molecule has 4 rings (SSSR count). The van der Waals surface area contributed by atoms with Gasteiger partial charge in [0.15, 0.2) is 0 Å². The van der Waals surface area contributed by atoms with Gasteiger partial charge in [-0.2, -0.15) is 13.9 Å². The van der Waals surface area contributed by atoms with Gasteiger partial charge >= 0.3 is 6.61 Å². The zero-order chi connectivity index (χ0) is 25.2. The molecule has 1 N–H and O–H groups in total. The van der Waals surface area contributed by atoms with Gasteiger partial charge in [0.05, 0.1) is 11.4 Å². The number of benzene rings is 1. The van der Waals surface area contributed by atoms with Crippen molar-refractivity contribution in [3.05, 3.63) is 53.9 Å². The Morgan fingerprint density at radius 3 is 2.63 bits per heavy atom. The molecular formula is C27H34F2N4O2. The summed E-state index contributed by atoms with van der Waals surface area (Å²) in [5.74, 6) is 0.522. The molecule has 0 bridgehead atoms. The molecule has 2 aromatic heterocycles. The standard InChI is InChI=1S/C27H34F2N4O2/c1-18-7-8-20(14-30-18)24-13-23(31-32(24)4)19-9-10-21(25(12-19)35-26(28)29)15-33-11-5-6-22(16-33)27(2,3)17-34/h7-10,12-14,22,26,34H,5-6,11,15-17H2,1-4H3/t22-/m0/s1. The lowest BCUT2D eigenvalue weighted by atomic mass is 9.75. The molecule has 3 aromatic rings. The lowest BCUT2D eigenvalue weighted by Gasteiger charge is -2.40. The summed E-state index contributed by atoms with van der Waals surface area (Å²) in [5, 5.41) is 14.4. The first-order valence-corrected chi connectivity index (χ1v) is 12.0. The highest BCUT2D eigenvalue weighted by Crippen LogP contribution is 2.36. The second-order valence-electron chi connectivity index (χ2n) is 10.1. The Morgan fingerprint density at radius 2 is 1.94 bits per heavy atom. The number of hydrogen-bond acceptors (Lipinski definition) is 5. The van der Waals surface area contributed by atoms with Crippen molar-refractivity contribution in [3.8, 4) is 28.3 Å². The fourth-order valence-electron chi connectivity index (χ4n) is 4.76. The number of aromatic nitrogens is 3. The number of likely N-dealkylation sites (tertiary alicyclic amines) is 1. The van der Waals surface area contributed by atoms with Crippen molar-refractivity contribution in [3.63, 3.8) is 0 Å². The first-order valence-electron chi connectivity index (χ1n) is 12.0. The minimum atomic E-state index is -2.91. The maximum absolute atomic E-state index is 13.3. The Morgan fingerprint density at radius 1 is 1.17 bits per heavy atom. The summed E-state index contributed by atoms with van der Waals surface area (Å²) in [6.45, 7) is 5.53. The van der Waals surface area contributed by atoms with E-state index in [9.17, 15) is 13.9 Å². The maximum atomic E-state index is 13.3. The first-order chi connectivity index (χ1) is 16.7. The van der Waals surface area contributed by atoms with Crippen LogP contribution < -0.4 is 4.74 Å². The van der Waals surface area contributed by atoms with Gasteiger partial charge in [0.2, 0.25) is 0 Å². The van der Waals surface area contributed by atoms with Gasteiger partial charge in [0.1, 0.15) is 5.75 Å². The minimum absolute atomic E-state index is 0.130. The van der Waals surface area contributed by atoms with E-state index < -0.39 is 6.61 Å². The number of nitrogens with zero attached hydrogens (tertiary/aromatic N) is 4. The molecule has 1 aliphatic heterocycles. The molecule has 1 atom stereocenters. The van der Waals surface area contributed by atoms with Crippen LogP contribution in [-0.4, -0.2) is 51.1 Å². The molecule has 6 nitrogen and oxygen atoms in total. The van der Waals surface area contributed by atoms with E-state index in [0.717, 1.165) is 48.4 Å². The number of aliphatic hydroxyl groups is 1. The number of rotatable bonds is 8. The summed E-state index contributed by atoms with van der Waals surface area (Å²) in [5.41, 5.74) is 4.69. The van der Waals surface area contributed by atoms with Crippen LogP contribution in [0.3, 0.4) is 0 Å². The predicted octanol–water partition coefficient (Wildman–Crippen LogP) is 5.29. The van der Waals surface area contributed by atoms with E-state index >= 15 is 0 Å². The molecule has 0 unspecified atom stereocenters. The maximum Gasteiger partial charge on any atom is 0.387 e. The van der Waals surface area contributed by atoms with Gasteiger partial charge in [-0.05, 0) is 61.9 Å². The van der Waals surface area contributed by atoms with E-state index in [1.807, 2.05) is 44.3 Å². The average Bonchev–Trinajstić information content (AvgIpc) is 3.22. The fourth-order valence-corrected chi connectivity index (χ4v) is 4.76. The van der Waals surface area contributed by atoms with Gasteiger partial charge in [-0.15, -0.1) is 0 Å². The molecule has 1 fully saturated rings. The molecule has 0 saturated carbocycles. The van der Waals surface area contributed by atoms with Crippen LogP contribution in [0.2, 0.25) is 0 Å². The van der Waals surface area contributed by atoms with Crippen LogP contribution in [0, 0.1) is 18.3 Å². The summed E-state index contributed by atoms with van der Waals surface area (Å²) in [4.78, 5) is 6.62. The van der Waals surface area contributed by atoms with E-state index in [0.29, 0.717) is 23.7 Å². The van der Waals surface area contributed by atoms with Crippen molar-refractivity contribution in [2.45, 2.75) is 46.8 Å². The number of pyridine rings is 1. The van der Waals surface area contributed by atoms with Crippen molar-refractivity contribution in [2.75, 3.05) is 19.7 Å². The van der Waals surface area contributed by atoms with Gasteiger partial charge in [-0.25, -0.2) is 0 Å². The van der Waals surface area contributed by atoms with E-state index in [1.54, 1.807) is 16.9 Å². The number of piperidine rings is 1. The number of halogens is 2. The summed E-state index contributed by atoms with van der Waals surface area (Å²) >= 11 is 0. The van der Waals surface area contributed by atoms with E-state index in [2.05, 4.69) is 28.8 Å². The first kappa shape index (κ1) is 25.3. The van der Waals surface area contributed by atoms with Crippen molar-refractivity contribution < 1.29 is 18.6 Å². The monoisotopic (exact) mass is 484 g/mol. The second-order valence-corrected chi connectivity index (χ2v) is 10.1. The molecule has 0 radical (unpaired) electrons. The Kier molecular flexibility index (Phi) is 7.52. The Balaban J connectivity index is 1.59. The molecule has 0 amide bonds. The molecule has 0 spiro atoms. The van der Waals surface area contributed by atoms with Gasteiger partial charge in [0, 0.05) is 55.3 Å². The predicted molar refractivity (Wildman–Crippen MR) is 132 cm³/mol. The topological polar surface area (TPSA) is 63.4 Å². The van der Waals surface area contributed by atoms with Crippen molar-refractivity contribution in [1.29, 1.82) is 0 Å². The molecule has 1 aliphatic rings. The quantitative estimate of drug-likeness (QED) is 0.471. The van der Waals surface area contributed by atoms with Gasteiger partial charge in [-0.3, -0.25) is 14.6 Å². The number of alkyl halides is 2. The van der Waals surface area contributed by atoms with E-state index in [-0.39, 0.29) is 17.8 Å². The van der Waals surface area contributed by atoms with Gasteiger partial charge in [-0.1, -0.05) is 26.0 Å². The highest BCUT2D eigenvalue weighted by molar-refractivity contribution is 5.69. The van der Waals surface area contributed by atoms with Crippen LogP contribution in [0.15, 0.2) is 42.6 Å². The number of aryl methyl sites for hydroxylation is 2. The molecular weight excluding hydrogens is 450 g/mol. The van der Waals surface area contributed by atoms with Crippen LogP contribution >= 0.6 is 0 Å². The molecule has 3 heterocycles. The van der Waals surface area contributed by atoms with E-state index in [4.69, 9.17) is 4.74 Å².